The molecule has 2 heterocycles. The van der Waals surface area contributed by atoms with Gasteiger partial charge in [0.25, 0.3) is 0 Å². The smallest absolute Gasteiger partial charge is 0.248 e. The van der Waals surface area contributed by atoms with E-state index in [0.717, 1.165) is 22.6 Å². The van der Waals surface area contributed by atoms with Crippen molar-refractivity contribution in [2.24, 2.45) is 0 Å². The van der Waals surface area contributed by atoms with E-state index in [1.807, 2.05) is 55.5 Å². The fourth-order valence-corrected chi connectivity index (χ4v) is 4.79. The number of para-hydroxylation sites is 1. The van der Waals surface area contributed by atoms with Crippen LogP contribution in [0.25, 0.3) is 0 Å². The van der Waals surface area contributed by atoms with E-state index in [4.69, 9.17) is 4.74 Å². The second kappa shape index (κ2) is 7.64. The molecule has 2 aromatic carbocycles. The summed E-state index contributed by atoms with van der Waals surface area (Å²) in [4.78, 5) is 27.8. The number of fused-ring (bicyclic) bond motifs is 1. The van der Waals surface area contributed by atoms with Gasteiger partial charge in [-0.15, -0.1) is 11.8 Å². The lowest BCUT2D eigenvalue weighted by molar-refractivity contribution is -0.138. The molecule has 5 nitrogen and oxygen atoms in total. The number of anilines is 1. The molecule has 0 bridgehead atoms. The number of ether oxygens (including phenoxy) is 1. The second-order valence-electron chi connectivity index (χ2n) is 6.91. The van der Waals surface area contributed by atoms with Gasteiger partial charge in [-0.05, 0) is 37.1 Å². The van der Waals surface area contributed by atoms with Gasteiger partial charge in [-0.25, -0.2) is 0 Å². The third kappa shape index (κ3) is 3.67. The summed E-state index contributed by atoms with van der Waals surface area (Å²) in [6, 6.07) is 14.9. The summed E-state index contributed by atoms with van der Waals surface area (Å²) in [5, 5.41) is 2.96. The SMILES string of the molecule is Cc1cccc(NC(=O)[C@@H]2CSCN2C(=O)[C@H]2CCOc3ccccc32)c1. The van der Waals surface area contributed by atoms with Crippen molar-refractivity contribution in [2.45, 2.75) is 25.3 Å². The van der Waals surface area contributed by atoms with Crippen LogP contribution in [0.2, 0.25) is 0 Å². The zero-order valence-electron chi connectivity index (χ0n) is 15.2. The maximum absolute atomic E-state index is 13.3. The number of aryl methyl sites for hydroxylation is 1. The van der Waals surface area contributed by atoms with Gasteiger partial charge < -0.3 is 15.0 Å². The quantitative estimate of drug-likeness (QED) is 0.884. The van der Waals surface area contributed by atoms with Crippen molar-refractivity contribution in [1.82, 2.24) is 4.90 Å². The molecule has 0 spiro atoms. The van der Waals surface area contributed by atoms with Gasteiger partial charge in [0, 0.05) is 17.0 Å². The molecule has 1 saturated heterocycles. The van der Waals surface area contributed by atoms with Crippen molar-refractivity contribution in [3.63, 3.8) is 0 Å². The molecule has 4 rings (SSSR count). The number of hydrogen-bond donors (Lipinski definition) is 1. The molecule has 0 saturated carbocycles. The highest BCUT2D eigenvalue weighted by atomic mass is 32.2. The molecule has 6 heteroatoms. The first-order valence-corrected chi connectivity index (χ1v) is 10.3. The summed E-state index contributed by atoms with van der Waals surface area (Å²) in [7, 11) is 0. The molecule has 27 heavy (non-hydrogen) atoms. The number of carbonyl (C=O) groups is 2. The van der Waals surface area contributed by atoms with Crippen LogP contribution in [0.4, 0.5) is 5.69 Å². The third-order valence-electron chi connectivity index (χ3n) is 5.01. The Balaban J connectivity index is 1.51. The Labute approximate surface area is 163 Å². The van der Waals surface area contributed by atoms with E-state index >= 15 is 0 Å². The highest BCUT2D eigenvalue weighted by Crippen LogP contribution is 2.36. The monoisotopic (exact) mass is 382 g/mol. The number of nitrogens with zero attached hydrogens (tertiary/aromatic N) is 1. The fourth-order valence-electron chi connectivity index (χ4n) is 3.62. The van der Waals surface area contributed by atoms with Gasteiger partial charge in [0.15, 0.2) is 0 Å². The summed E-state index contributed by atoms with van der Waals surface area (Å²) >= 11 is 1.62. The Morgan fingerprint density at radius 1 is 1.19 bits per heavy atom. The number of nitrogens with one attached hydrogen (secondary N) is 1. The number of hydrogen-bond acceptors (Lipinski definition) is 4. The van der Waals surface area contributed by atoms with Crippen LogP contribution in [0, 0.1) is 6.92 Å². The van der Waals surface area contributed by atoms with E-state index in [0.29, 0.717) is 24.7 Å². The number of amides is 2. The Morgan fingerprint density at radius 3 is 2.89 bits per heavy atom. The standard InChI is InChI=1S/C21H22N2O3S/c1-14-5-4-6-15(11-14)22-20(24)18-12-27-13-23(18)21(25)17-9-10-26-19-8-3-2-7-16(17)19/h2-8,11,17-18H,9-10,12-13H2,1H3,(H,22,24)/t17-,18-/m0/s1. The molecule has 2 amide bonds. The third-order valence-corrected chi connectivity index (χ3v) is 6.02. The largest absolute Gasteiger partial charge is 0.493 e. The van der Waals surface area contributed by atoms with Crippen molar-refractivity contribution in [3.8, 4) is 5.75 Å². The van der Waals surface area contributed by atoms with Gasteiger partial charge in [0.2, 0.25) is 11.8 Å². The summed E-state index contributed by atoms with van der Waals surface area (Å²) in [5.74, 6) is 1.58. The molecule has 2 atom stereocenters. The molecule has 0 aliphatic carbocycles. The van der Waals surface area contributed by atoms with Gasteiger partial charge in [0.1, 0.15) is 11.8 Å². The van der Waals surface area contributed by atoms with Gasteiger partial charge >= 0.3 is 0 Å². The summed E-state index contributed by atoms with van der Waals surface area (Å²) in [6.07, 6.45) is 0.642. The lowest BCUT2D eigenvalue weighted by Gasteiger charge is -2.31. The van der Waals surface area contributed by atoms with E-state index in [1.54, 1.807) is 16.7 Å². The molecular weight excluding hydrogens is 360 g/mol. The van der Waals surface area contributed by atoms with E-state index in [1.165, 1.54) is 0 Å². The first-order valence-electron chi connectivity index (χ1n) is 9.11. The van der Waals surface area contributed by atoms with Crippen molar-refractivity contribution >= 4 is 29.3 Å². The van der Waals surface area contributed by atoms with E-state index in [2.05, 4.69) is 5.32 Å². The molecule has 2 aliphatic rings. The predicted molar refractivity (Wildman–Crippen MR) is 107 cm³/mol. The van der Waals surface area contributed by atoms with Crippen LogP contribution >= 0.6 is 11.8 Å². The Bertz CT molecular complexity index is 870. The van der Waals surface area contributed by atoms with Crippen molar-refractivity contribution < 1.29 is 14.3 Å². The molecule has 2 aromatic rings. The van der Waals surface area contributed by atoms with Crippen LogP contribution in [0.3, 0.4) is 0 Å². The number of rotatable bonds is 3. The zero-order valence-corrected chi connectivity index (χ0v) is 16.0. The van der Waals surface area contributed by atoms with Crippen LogP contribution in [-0.2, 0) is 9.59 Å². The van der Waals surface area contributed by atoms with Crippen LogP contribution < -0.4 is 10.1 Å². The maximum Gasteiger partial charge on any atom is 0.248 e. The zero-order chi connectivity index (χ0) is 18.8. The minimum Gasteiger partial charge on any atom is -0.493 e. The highest BCUT2D eigenvalue weighted by Gasteiger charge is 2.39. The molecule has 1 fully saturated rings. The molecule has 2 aliphatic heterocycles. The number of thioether (sulfide) groups is 1. The Kier molecular flexibility index (Phi) is 5.07. The van der Waals surface area contributed by atoms with Gasteiger partial charge in [-0.2, -0.15) is 0 Å². The summed E-state index contributed by atoms with van der Waals surface area (Å²) < 4.78 is 5.68. The van der Waals surface area contributed by atoms with Crippen LogP contribution in [-0.4, -0.2) is 41.0 Å². The minimum absolute atomic E-state index is 0.0140. The fraction of sp³-hybridized carbons (Fsp3) is 0.333. The highest BCUT2D eigenvalue weighted by molar-refractivity contribution is 7.99. The first kappa shape index (κ1) is 17.9. The van der Waals surface area contributed by atoms with Gasteiger partial charge in [-0.3, -0.25) is 9.59 Å². The Morgan fingerprint density at radius 2 is 2.04 bits per heavy atom. The van der Waals surface area contributed by atoms with Crippen LogP contribution in [0.1, 0.15) is 23.5 Å². The molecule has 140 valence electrons. The lowest BCUT2D eigenvalue weighted by atomic mass is 9.91. The average Bonchev–Trinajstić information content (AvgIpc) is 3.17. The number of benzene rings is 2. The Hall–Kier alpha value is -2.47. The van der Waals surface area contributed by atoms with Gasteiger partial charge in [0.05, 0.1) is 18.4 Å². The van der Waals surface area contributed by atoms with Crippen LogP contribution in [0.15, 0.2) is 48.5 Å². The summed E-state index contributed by atoms with van der Waals surface area (Å²) in [6.45, 7) is 2.51. The van der Waals surface area contributed by atoms with Crippen LogP contribution in [0.5, 0.6) is 5.75 Å². The molecule has 1 N–H and O–H groups in total. The minimum atomic E-state index is -0.446. The first-order chi connectivity index (χ1) is 13.1. The molecular formula is C21H22N2O3S. The average molecular weight is 382 g/mol. The summed E-state index contributed by atoms with van der Waals surface area (Å²) in [5.41, 5.74) is 2.77. The normalized spacial score (nSPS) is 21.3. The number of carbonyl (C=O) groups excluding carboxylic acids is 2. The molecule has 0 aromatic heterocycles. The molecule has 0 unspecified atom stereocenters. The van der Waals surface area contributed by atoms with Crippen molar-refractivity contribution in [2.75, 3.05) is 23.6 Å². The maximum atomic E-state index is 13.3. The topological polar surface area (TPSA) is 58.6 Å². The predicted octanol–water partition coefficient (Wildman–Crippen LogP) is 3.40. The van der Waals surface area contributed by atoms with Crippen molar-refractivity contribution in [3.05, 3.63) is 59.7 Å². The lowest BCUT2D eigenvalue weighted by Crippen LogP contribution is -2.46. The molecule has 0 radical (unpaired) electrons. The van der Waals surface area contributed by atoms with E-state index in [9.17, 15) is 9.59 Å². The van der Waals surface area contributed by atoms with E-state index < -0.39 is 6.04 Å². The second-order valence-corrected chi connectivity index (χ2v) is 7.91. The van der Waals surface area contributed by atoms with Gasteiger partial charge in [-0.1, -0.05) is 30.3 Å². The van der Waals surface area contributed by atoms with Crippen molar-refractivity contribution in [1.29, 1.82) is 0 Å². The van der Waals surface area contributed by atoms with E-state index in [-0.39, 0.29) is 17.7 Å².